The van der Waals surface area contributed by atoms with Gasteiger partial charge in [0.1, 0.15) is 11.4 Å². The molecule has 2 amide bonds. The molecule has 7 heteroatoms. The summed E-state index contributed by atoms with van der Waals surface area (Å²) < 4.78 is 7.27. The molecule has 1 aliphatic heterocycles. The van der Waals surface area contributed by atoms with Gasteiger partial charge in [0.2, 0.25) is 0 Å². The summed E-state index contributed by atoms with van der Waals surface area (Å²) in [5.41, 5.74) is 2.27. The summed E-state index contributed by atoms with van der Waals surface area (Å²) >= 11 is 0. The lowest BCUT2D eigenvalue weighted by Gasteiger charge is -2.17. The molecule has 0 spiro atoms. The first-order valence-corrected chi connectivity index (χ1v) is 10.3. The standard InChI is InChI=1S/C22H30N4O3/c1-15(2)14-24-22(28)20-25-19(17-9-6-7-13-26(17)20)21(27)23-12-11-16-8-4-5-10-18(16)29-3/h4-5,8,10,15H,6-7,9,11-14H2,1-3H3,(H,23,27)(H,24,28). The van der Waals surface area contributed by atoms with E-state index in [4.69, 9.17) is 4.74 Å². The van der Waals surface area contributed by atoms with E-state index in [0.29, 0.717) is 36.9 Å². The van der Waals surface area contributed by atoms with Gasteiger partial charge in [0.25, 0.3) is 11.8 Å². The molecule has 1 aliphatic rings. The molecule has 0 radical (unpaired) electrons. The second-order valence-corrected chi connectivity index (χ2v) is 7.76. The van der Waals surface area contributed by atoms with E-state index >= 15 is 0 Å². The number of nitrogens with zero attached hydrogens (tertiary/aromatic N) is 2. The summed E-state index contributed by atoms with van der Waals surface area (Å²) in [7, 11) is 1.64. The number of carbonyl (C=O) groups excluding carboxylic acids is 2. The molecule has 3 rings (SSSR count). The molecule has 0 unspecified atom stereocenters. The number of rotatable bonds is 8. The van der Waals surface area contributed by atoms with Crippen LogP contribution in [0.3, 0.4) is 0 Å². The molecule has 1 aromatic heterocycles. The Kier molecular flexibility index (Phi) is 6.90. The average molecular weight is 399 g/mol. The lowest BCUT2D eigenvalue weighted by molar-refractivity contribution is 0.0933. The van der Waals surface area contributed by atoms with E-state index in [9.17, 15) is 9.59 Å². The molecule has 156 valence electrons. The normalized spacial score (nSPS) is 13.1. The Labute approximate surface area is 171 Å². The zero-order chi connectivity index (χ0) is 20.8. The van der Waals surface area contributed by atoms with Gasteiger partial charge in [0.15, 0.2) is 5.82 Å². The van der Waals surface area contributed by atoms with Crippen molar-refractivity contribution in [3.8, 4) is 5.75 Å². The Morgan fingerprint density at radius 3 is 2.72 bits per heavy atom. The number of methoxy groups -OCH3 is 1. The average Bonchev–Trinajstić information content (AvgIpc) is 3.12. The van der Waals surface area contributed by atoms with Crippen LogP contribution in [0.15, 0.2) is 24.3 Å². The van der Waals surface area contributed by atoms with Crippen LogP contribution >= 0.6 is 0 Å². The third-order valence-corrected chi connectivity index (χ3v) is 5.08. The monoisotopic (exact) mass is 398 g/mol. The Balaban J connectivity index is 1.70. The first kappa shape index (κ1) is 20.9. The first-order chi connectivity index (χ1) is 14.0. The van der Waals surface area contributed by atoms with Crippen LogP contribution in [-0.2, 0) is 19.4 Å². The van der Waals surface area contributed by atoms with Crippen molar-refractivity contribution >= 4 is 11.8 Å². The molecule has 0 atom stereocenters. The number of fused-ring (bicyclic) bond motifs is 1. The summed E-state index contributed by atoms with van der Waals surface area (Å²) in [6, 6.07) is 7.77. The Hall–Kier alpha value is -2.83. The molecule has 0 saturated carbocycles. The number of nitrogens with one attached hydrogen (secondary N) is 2. The Morgan fingerprint density at radius 1 is 1.17 bits per heavy atom. The first-order valence-electron chi connectivity index (χ1n) is 10.3. The van der Waals surface area contributed by atoms with Crippen LogP contribution in [-0.4, -0.2) is 41.6 Å². The number of amides is 2. The van der Waals surface area contributed by atoms with E-state index in [1.165, 1.54) is 0 Å². The number of imidazole rings is 1. The topological polar surface area (TPSA) is 85.2 Å². The predicted molar refractivity (Wildman–Crippen MR) is 111 cm³/mol. The minimum Gasteiger partial charge on any atom is -0.496 e. The maximum atomic E-state index is 12.8. The maximum Gasteiger partial charge on any atom is 0.287 e. The summed E-state index contributed by atoms with van der Waals surface area (Å²) in [5, 5.41) is 5.86. The third kappa shape index (κ3) is 4.96. The summed E-state index contributed by atoms with van der Waals surface area (Å²) in [5.74, 6) is 1.07. The highest BCUT2D eigenvalue weighted by Crippen LogP contribution is 2.21. The maximum absolute atomic E-state index is 12.8. The van der Waals surface area contributed by atoms with Gasteiger partial charge in [-0.3, -0.25) is 9.59 Å². The summed E-state index contributed by atoms with van der Waals surface area (Å²) in [4.78, 5) is 29.8. The minimum atomic E-state index is -0.228. The SMILES string of the molecule is COc1ccccc1CCNC(=O)c1nc(C(=O)NCC(C)C)n2c1CCCC2. The summed E-state index contributed by atoms with van der Waals surface area (Å²) in [6.07, 6.45) is 3.41. The van der Waals surface area contributed by atoms with Crippen molar-refractivity contribution in [2.75, 3.05) is 20.2 Å². The van der Waals surface area contributed by atoms with Gasteiger partial charge in [-0.15, -0.1) is 0 Å². The van der Waals surface area contributed by atoms with Gasteiger partial charge in [-0.2, -0.15) is 0 Å². The number of carbonyl (C=O) groups is 2. The molecule has 0 fully saturated rings. The van der Waals surface area contributed by atoms with E-state index < -0.39 is 0 Å². The zero-order valence-electron chi connectivity index (χ0n) is 17.5. The minimum absolute atomic E-state index is 0.213. The lowest BCUT2D eigenvalue weighted by atomic mass is 10.1. The van der Waals surface area contributed by atoms with Gasteiger partial charge >= 0.3 is 0 Å². The molecule has 2 heterocycles. The quantitative estimate of drug-likeness (QED) is 0.716. The number of hydrogen-bond acceptors (Lipinski definition) is 4. The number of aromatic nitrogens is 2. The molecule has 1 aromatic carbocycles. The third-order valence-electron chi connectivity index (χ3n) is 5.08. The highest BCUT2D eigenvalue weighted by molar-refractivity contribution is 5.97. The van der Waals surface area contributed by atoms with Crippen LogP contribution in [0.2, 0.25) is 0 Å². The predicted octanol–water partition coefficient (Wildman–Crippen LogP) is 2.59. The van der Waals surface area contributed by atoms with Gasteiger partial charge in [0.05, 0.1) is 12.8 Å². The van der Waals surface area contributed by atoms with Crippen LogP contribution in [0.25, 0.3) is 0 Å². The van der Waals surface area contributed by atoms with Crippen molar-refractivity contribution in [3.05, 3.63) is 47.0 Å². The fourth-order valence-corrected chi connectivity index (χ4v) is 3.58. The number of benzene rings is 1. The fourth-order valence-electron chi connectivity index (χ4n) is 3.58. The van der Waals surface area contributed by atoms with Crippen molar-refractivity contribution in [2.45, 2.75) is 46.1 Å². The van der Waals surface area contributed by atoms with Crippen molar-refractivity contribution in [1.82, 2.24) is 20.2 Å². The number of ether oxygens (including phenoxy) is 1. The van der Waals surface area contributed by atoms with Gasteiger partial charge in [-0.1, -0.05) is 32.0 Å². The Morgan fingerprint density at radius 2 is 1.97 bits per heavy atom. The van der Waals surface area contributed by atoms with E-state index in [2.05, 4.69) is 15.6 Å². The lowest BCUT2D eigenvalue weighted by Crippen LogP contribution is -2.30. The van der Waals surface area contributed by atoms with E-state index in [-0.39, 0.29) is 11.8 Å². The molecule has 2 aromatic rings. The molecule has 2 N–H and O–H groups in total. The van der Waals surface area contributed by atoms with Crippen molar-refractivity contribution in [2.24, 2.45) is 5.92 Å². The van der Waals surface area contributed by atoms with Crippen molar-refractivity contribution in [1.29, 1.82) is 0 Å². The zero-order valence-corrected chi connectivity index (χ0v) is 17.5. The van der Waals surface area contributed by atoms with Gasteiger partial charge < -0.3 is 19.9 Å². The molecule has 0 bridgehead atoms. The highest BCUT2D eigenvalue weighted by Gasteiger charge is 2.27. The van der Waals surface area contributed by atoms with Crippen LogP contribution in [0.4, 0.5) is 0 Å². The summed E-state index contributed by atoms with van der Waals surface area (Å²) in [6.45, 7) is 5.87. The molecule has 0 saturated heterocycles. The van der Waals surface area contributed by atoms with E-state index in [1.807, 2.05) is 42.7 Å². The molecule has 29 heavy (non-hydrogen) atoms. The van der Waals surface area contributed by atoms with E-state index in [0.717, 1.165) is 42.8 Å². The Bertz CT molecular complexity index is 873. The van der Waals surface area contributed by atoms with Crippen LogP contribution in [0.5, 0.6) is 5.75 Å². The largest absolute Gasteiger partial charge is 0.496 e. The smallest absolute Gasteiger partial charge is 0.287 e. The van der Waals surface area contributed by atoms with Gasteiger partial charge in [-0.05, 0) is 43.2 Å². The number of para-hydroxylation sites is 1. The molecular weight excluding hydrogens is 368 g/mol. The van der Waals surface area contributed by atoms with Gasteiger partial charge in [0, 0.05) is 19.6 Å². The van der Waals surface area contributed by atoms with Crippen molar-refractivity contribution in [3.63, 3.8) is 0 Å². The highest BCUT2D eigenvalue weighted by atomic mass is 16.5. The second-order valence-electron chi connectivity index (χ2n) is 7.76. The van der Waals surface area contributed by atoms with E-state index in [1.54, 1.807) is 7.11 Å². The van der Waals surface area contributed by atoms with Crippen LogP contribution < -0.4 is 15.4 Å². The van der Waals surface area contributed by atoms with Crippen molar-refractivity contribution < 1.29 is 14.3 Å². The van der Waals surface area contributed by atoms with Crippen LogP contribution in [0.1, 0.15) is 59.1 Å². The molecule has 0 aliphatic carbocycles. The number of hydrogen-bond donors (Lipinski definition) is 2. The fraction of sp³-hybridized carbons (Fsp3) is 0.500. The van der Waals surface area contributed by atoms with Crippen LogP contribution in [0, 0.1) is 5.92 Å². The molecular formula is C22H30N4O3. The van der Waals surface area contributed by atoms with Gasteiger partial charge in [-0.25, -0.2) is 4.98 Å². The second kappa shape index (κ2) is 9.58. The molecule has 7 nitrogen and oxygen atoms in total.